The van der Waals surface area contributed by atoms with Crippen molar-refractivity contribution in [3.05, 3.63) is 243 Å². The molecule has 57 heavy (non-hydrogen) atoms. The van der Waals surface area contributed by atoms with Crippen LogP contribution in [0.3, 0.4) is 0 Å². The summed E-state index contributed by atoms with van der Waals surface area (Å²) in [5, 5.41) is 7.90. The van der Waals surface area contributed by atoms with Gasteiger partial charge in [-0.2, -0.15) is 0 Å². The molecule has 0 fully saturated rings. The second kappa shape index (κ2) is 14.8. The third kappa shape index (κ3) is 6.06. The van der Waals surface area contributed by atoms with Crippen molar-refractivity contribution in [1.29, 1.82) is 0 Å². The third-order valence-corrected chi connectivity index (χ3v) is 16.1. The molecule has 0 radical (unpaired) electrons. The van der Waals surface area contributed by atoms with Crippen molar-refractivity contribution >= 4 is 67.7 Å². The Morgan fingerprint density at radius 3 is 1.25 bits per heavy atom. The average Bonchev–Trinajstić information content (AvgIpc) is 3.62. The van der Waals surface area contributed by atoms with Crippen LogP contribution in [-0.2, 0) is 0 Å². The monoisotopic (exact) mass is 744 g/mol. The Balaban J connectivity index is 1.24. The fourth-order valence-corrected chi connectivity index (χ4v) is 13.5. The van der Waals surface area contributed by atoms with Crippen LogP contribution in [-0.4, -0.2) is 12.6 Å². The molecule has 0 aliphatic rings. The van der Waals surface area contributed by atoms with Crippen LogP contribution in [0.25, 0.3) is 38.6 Å². The molecule has 0 saturated heterocycles. The Hall–Kier alpha value is -7.20. The van der Waals surface area contributed by atoms with Crippen LogP contribution in [0.4, 0.5) is 17.1 Å². The number of anilines is 3. The van der Waals surface area contributed by atoms with E-state index in [4.69, 9.17) is 0 Å². The maximum absolute atomic E-state index is 2.77. The normalized spacial score (nSPS) is 11.5. The molecule has 3 heteroatoms. The van der Waals surface area contributed by atoms with E-state index in [1.54, 1.807) is 0 Å². The third-order valence-electron chi connectivity index (χ3n) is 11.3. The van der Waals surface area contributed by atoms with E-state index in [9.17, 15) is 0 Å². The van der Waals surface area contributed by atoms with E-state index in [1.807, 2.05) is 0 Å². The smallest absolute Gasteiger partial charge is 0.179 e. The van der Waals surface area contributed by atoms with Crippen LogP contribution < -0.4 is 25.6 Å². The molecule has 0 aliphatic heterocycles. The van der Waals surface area contributed by atoms with Crippen molar-refractivity contribution in [2.45, 2.75) is 0 Å². The number of benzene rings is 9. The van der Waals surface area contributed by atoms with Crippen molar-refractivity contribution in [1.82, 2.24) is 4.57 Å². The van der Waals surface area contributed by atoms with E-state index in [-0.39, 0.29) is 0 Å². The maximum atomic E-state index is 2.52. The molecule has 9 aromatic carbocycles. The molecule has 0 bridgehead atoms. The van der Waals surface area contributed by atoms with Gasteiger partial charge in [0.25, 0.3) is 0 Å². The number of hydrogen-bond acceptors (Lipinski definition) is 1. The van der Waals surface area contributed by atoms with E-state index >= 15 is 0 Å². The molecule has 0 N–H and O–H groups in total. The van der Waals surface area contributed by atoms with Crippen molar-refractivity contribution < 1.29 is 0 Å². The Kier molecular flexibility index (Phi) is 8.90. The number of aromatic nitrogens is 1. The summed E-state index contributed by atoms with van der Waals surface area (Å²) >= 11 is 0. The molecule has 1 heterocycles. The summed E-state index contributed by atoms with van der Waals surface area (Å²) in [4.78, 5) is 2.38. The minimum atomic E-state index is -2.77. The maximum Gasteiger partial charge on any atom is 0.179 e. The lowest BCUT2D eigenvalue weighted by Crippen LogP contribution is -2.74. The largest absolute Gasteiger partial charge is 0.310 e. The quantitative estimate of drug-likeness (QED) is 0.106. The molecule has 0 aliphatic carbocycles. The zero-order chi connectivity index (χ0) is 38.0. The minimum Gasteiger partial charge on any atom is -0.310 e. The van der Waals surface area contributed by atoms with Gasteiger partial charge < -0.3 is 9.47 Å². The fraction of sp³-hybridized carbons (Fsp3) is 0. The highest BCUT2D eigenvalue weighted by Crippen LogP contribution is 2.40. The van der Waals surface area contributed by atoms with Gasteiger partial charge in [0.1, 0.15) is 0 Å². The van der Waals surface area contributed by atoms with E-state index in [2.05, 4.69) is 252 Å². The van der Waals surface area contributed by atoms with Gasteiger partial charge in [0.15, 0.2) is 8.07 Å². The summed E-state index contributed by atoms with van der Waals surface area (Å²) < 4.78 is 2.43. The number of rotatable bonds is 9. The standard InChI is InChI=1S/C54H40N2Si/c1-7-19-41(20-8-1)42-31-33-45(34-32-42)55(43-21-9-2-10-22-43)46-35-37-53-51(39-46)52-40-50(36-38-54(52)56(53)44-23-11-3-12-24-44)57(47-25-13-4-14-26-47,48-27-15-5-16-28-48)49-29-17-6-18-30-49/h1-40H. The molecule has 270 valence electrons. The summed E-state index contributed by atoms with van der Waals surface area (Å²) in [6, 6.07) is 88.8. The van der Waals surface area contributed by atoms with Crippen molar-refractivity contribution in [2.75, 3.05) is 4.90 Å². The number of nitrogens with zero attached hydrogens (tertiary/aromatic N) is 2. The second-order valence-electron chi connectivity index (χ2n) is 14.5. The van der Waals surface area contributed by atoms with Gasteiger partial charge in [-0.15, -0.1) is 0 Å². The highest BCUT2D eigenvalue weighted by atomic mass is 28.3. The molecule has 0 atom stereocenters. The van der Waals surface area contributed by atoms with Gasteiger partial charge in [0.2, 0.25) is 0 Å². The van der Waals surface area contributed by atoms with E-state index in [1.165, 1.54) is 53.7 Å². The minimum absolute atomic E-state index is 1.11. The second-order valence-corrected chi connectivity index (χ2v) is 18.3. The molecule has 0 spiro atoms. The zero-order valence-electron chi connectivity index (χ0n) is 31.5. The van der Waals surface area contributed by atoms with Crippen molar-refractivity contribution in [3.8, 4) is 16.8 Å². The van der Waals surface area contributed by atoms with Gasteiger partial charge in [-0.25, -0.2) is 0 Å². The predicted molar refractivity (Wildman–Crippen MR) is 245 cm³/mol. The summed E-state index contributed by atoms with van der Waals surface area (Å²) in [5.41, 5.74) is 9.25. The topological polar surface area (TPSA) is 8.17 Å². The molecule has 2 nitrogen and oxygen atoms in total. The molecule has 1 aromatic heterocycles. The Morgan fingerprint density at radius 1 is 0.298 bits per heavy atom. The summed E-state index contributed by atoms with van der Waals surface area (Å²) in [6.45, 7) is 0. The van der Waals surface area contributed by atoms with E-state index in [0.29, 0.717) is 0 Å². The SMILES string of the molecule is c1ccc(-c2ccc(N(c3ccccc3)c3ccc4c(c3)c3cc([Si](c5ccccc5)(c5ccccc5)c5ccccc5)ccc3n4-c3ccccc3)cc2)cc1. The first-order valence-corrected chi connectivity index (χ1v) is 21.6. The van der Waals surface area contributed by atoms with Crippen molar-refractivity contribution in [2.24, 2.45) is 0 Å². The Labute approximate surface area is 335 Å². The first-order chi connectivity index (χ1) is 28.3. The lowest BCUT2D eigenvalue weighted by atomic mass is 10.0. The van der Waals surface area contributed by atoms with Crippen LogP contribution in [0.5, 0.6) is 0 Å². The van der Waals surface area contributed by atoms with Gasteiger partial charge in [-0.3, -0.25) is 0 Å². The number of para-hydroxylation sites is 2. The molecule has 10 rings (SSSR count). The van der Waals surface area contributed by atoms with Gasteiger partial charge >= 0.3 is 0 Å². The molecular weight excluding hydrogens is 705 g/mol. The lowest BCUT2D eigenvalue weighted by Gasteiger charge is -2.34. The molecule has 0 unspecified atom stereocenters. The van der Waals surface area contributed by atoms with Crippen LogP contribution >= 0.6 is 0 Å². The molecule has 10 aromatic rings. The van der Waals surface area contributed by atoms with E-state index in [0.717, 1.165) is 22.7 Å². The number of hydrogen-bond donors (Lipinski definition) is 0. The first-order valence-electron chi connectivity index (χ1n) is 19.6. The number of fused-ring (bicyclic) bond motifs is 3. The highest BCUT2D eigenvalue weighted by molar-refractivity contribution is 7.20. The van der Waals surface area contributed by atoms with Gasteiger partial charge in [-0.05, 0) is 92.5 Å². The van der Waals surface area contributed by atoms with E-state index < -0.39 is 8.07 Å². The molecule has 0 saturated carbocycles. The summed E-state index contributed by atoms with van der Waals surface area (Å²) in [6.07, 6.45) is 0. The van der Waals surface area contributed by atoms with Gasteiger partial charge in [0.05, 0.1) is 11.0 Å². The summed E-state index contributed by atoms with van der Waals surface area (Å²) in [7, 11) is -2.77. The average molecular weight is 745 g/mol. The van der Waals surface area contributed by atoms with Crippen LogP contribution in [0.2, 0.25) is 0 Å². The van der Waals surface area contributed by atoms with Crippen LogP contribution in [0.1, 0.15) is 0 Å². The first kappa shape index (κ1) is 34.3. The van der Waals surface area contributed by atoms with Crippen LogP contribution in [0.15, 0.2) is 243 Å². The van der Waals surface area contributed by atoms with Gasteiger partial charge in [0, 0.05) is 33.5 Å². The van der Waals surface area contributed by atoms with Crippen LogP contribution in [0, 0.1) is 0 Å². The highest BCUT2D eigenvalue weighted by Gasteiger charge is 2.41. The van der Waals surface area contributed by atoms with Crippen molar-refractivity contribution in [3.63, 3.8) is 0 Å². The molecular formula is C54H40N2Si. The fourth-order valence-electron chi connectivity index (χ4n) is 8.76. The Morgan fingerprint density at radius 2 is 0.702 bits per heavy atom. The lowest BCUT2D eigenvalue weighted by molar-refractivity contribution is 1.18. The molecule has 0 amide bonds. The predicted octanol–water partition coefficient (Wildman–Crippen LogP) is 11.3. The Bertz CT molecular complexity index is 2810. The summed E-state index contributed by atoms with van der Waals surface area (Å²) in [5.74, 6) is 0. The van der Waals surface area contributed by atoms with Gasteiger partial charge in [-0.1, -0.05) is 182 Å². The zero-order valence-corrected chi connectivity index (χ0v) is 32.5.